The maximum Gasteiger partial charge on any atom is 0.267 e. The van der Waals surface area contributed by atoms with Crippen LogP contribution in [0.2, 0.25) is 0 Å². The molecule has 2 aromatic carbocycles. The lowest BCUT2D eigenvalue weighted by atomic mass is 10.1. The Kier molecular flexibility index (Phi) is 5.68. The van der Waals surface area contributed by atoms with Crippen molar-refractivity contribution < 1.29 is 14.4 Å². The predicted octanol–water partition coefficient (Wildman–Crippen LogP) is 2.55. The molecule has 6 heteroatoms. The SMILES string of the molecule is CC(=O)c1cccc(NC(=O)C(C)O/N=C(\N)c2ccccc2)c1. The third-order valence-corrected chi connectivity index (χ3v) is 3.28. The Labute approximate surface area is 140 Å². The van der Waals surface area contributed by atoms with Crippen molar-refractivity contribution >= 4 is 23.2 Å². The fourth-order valence-corrected chi connectivity index (χ4v) is 1.91. The molecule has 1 atom stereocenters. The number of amides is 1. The Hall–Kier alpha value is -3.15. The van der Waals surface area contributed by atoms with Crippen LogP contribution < -0.4 is 11.1 Å². The summed E-state index contributed by atoms with van der Waals surface area (Å²) in [6, 6.07) is 15.8. The summed E-state index contributed by atoms with van der Waals surface area (Å²) < 4.78 is 0. The fourth-order valence-electron chi connectivity index (χ4n) is 1.91. The van der Waals surface area contributed by atoms with Gasteiger partial charge in [-0.05, 0) is 26.0 Å². The molecule has 0 aliphatic rings. The average Bonchev–Trinajstić information content (AvgIpc) is 2.60. The zero-order chi connectivity index (χ0) is 17.5. The molecule has 0 saturated carbocycles. The number of ketones is 1. The predicted molar refractivity (Wildman–Crippen MR) is 92.8 cm³/mol. The lowest BCUT2D eigenvalue weighted by molar-refractivity contribution is -0.126. The first-order valence-electron chi connectivity index (χ1n) is 7.44. The molecule has 3 N–H and O–H groups in total. The smallest absolute Gasteiger partial charge is 0.267 e. The maximum atomic E-state index is 12.1. The van der Waals surface area contributed by atoms with E-state index in [0.29, 0.717) is 16.8 Å². The molecule has 0 aliphatic heterocycles. The molecule has 24 heavy (non-hydrogen) atoms. The molecule has 2 rings (SSSR count). The van der Waals surface area contributed by atoms with Gasteiger partial charge in [0.1, 0.15) is 0 Å². The van der Waals surface area contributed by atoms with Crippen LogP contribution in [-0.4, -0.2) is 23.6 Å². The Morgan fingerprint density at radius 2 is 1.75 bits per heavy atom. The molecule has 1 amide bonds. The van der Waals surface area contributed by atoms with Crippen LogP contribution >= 0.6 is 0 Å². The molecule has 0 aromatic heterocycles. The molecule has 124 valence electrons. The van der Waals surface area contributed by atoms with E-state index < -0.39 is 6.10 Å². The van der Waals surface area contributed by atoms with Crippen molar-refractivity contribution in [1.29, 1.82) is 0 Å². The molecule has 0 aliphatic carbocycles. The van der Waals surface area contributed by atoms with Crippen molar-refractivity contribution in [2.45, 2.75) is 20.0 Å². The average molecular weight is 325 g/mol. The summed E-state index contributed by atoms with van der Waals surface area (Å²) in [7, 11) is 0. The van der Waals surface area contributed by atoms with Gasteiger partial charge in [0.25, 0.3) is 5.91 Å². The molecular formula is C18H19N3O3. The van der Waals surface area contributed by atoms with E-state index in [9.17, 15) is 9.59 Å². The van der Waals surface area contributed by atoms with E-state index in [1.165, 1.54) is 6.92 Å². The summed E-state index contributed by atoms with van der Waals surface area (Å²) in [6.45, 7) is 3.03. The Bertz CT molecular complexity index is 757. The number of benzene rings is 2. The van der Waals surface area contributed by atoms with E-state index in [0.717, 1.165) is 0 Å². The van der Waals surface area contributed by atoms with Crippen molar-refractivity contribution in [1.82, 2.24) is 0 Å². The molecule has 2 aromatic rings. The van der Waals surface area contributed by atoms with Crippen LogP contribution in [-0.2, 0) is 9.63 Å². The molecular weight excluding hydrogens is 306 g/mol. The highest BCUT2D eigenvalue weighted by atomic mass is 16.6. The summed E-state index contributed by atoms with van der Waals surface area (Å²) in [4.78, 5) is 28.6. The van der Waals surface area contributed by atoms with Crippen molar-refractivity contribution in [2.75, 3.05) is 5.32 Å². The number of hydrogen-bond acceptors (Lipinski definition) is 4. The molecule has 0 saturated heterocycles. The van der Waals surface area contributed by atoms with Gasteiger partial charge in [-0.15, -0.1) is 0 Å². The highest BCUT2D eigenvalue weighted by Crippen LogP contribution is 2.12. The van der Waals surface area contributed by atoms with Crippen molar-refractivity contribution in [3.05, 3.63) is 65.7 Å². The second-order valence-corrected chi connectivity index (χ2v) is 5.22. The fraction of sp³-hybridized carbons (Fsp3) is 0.167. The van der Waals surface area contributed by atoms with Crippen LogP contribution in [0.25, 0.3) is 0 Å². The van der Waals surface area contributed by atoms with Gasteiger partial charge in [-0.2, -0.15) is 0 Å². The second-order valence-electron chi connectivity index (χ2n) is 5.22. The first-order valence-corrected chi connectivity index (χ1v) is 7.44. The third kappa shape index (κ3) is 4.67. The molecule has 0 bridgehead atoms. The first-order chi connectivity index (χ1) is 11.5. The minimum absolute atomic E-state index is 0.0735. The van der Waals surface area contributed by atoms with Gasteiger partial charge < -0.3 is 15.9 Å². The van der Waals surface area contributed by atoms with Crippen LogP contribution in [0.15, 0.2) is 59.8 Å². The van der Waals surface area contributed by atoms with Crippen LogP contribution in [0.3, 0.4) is 0 Å². The second kappa shape index (κ2) is 7.92. The lowest BCUT2D eigenvalue weighted by Crippen LogP contribution is -2.27. The summed E-state index contributed by atoms with van der Waals surface area (Å²) in [5.41, 5.74) is 7.55. The van der Waals surface area contributed by atoms with Crippen LogP contribution in [0.1, 0.15) is 29.8 Å². The van der Waals surface area contributed by atoms with Gasteiger partial charge in [0.2, 0.25) is 6.10 Å². The number of Topliss-reactive ketones (excluding diaryl/α,β-unsaturated/α-hetero) is 1. The largest absolute Gasteiger partial charge is 0.381 e. The minimum Gasteiger partial charge on any atom is -0.381 e. The van der Waals surface area contributed by atoms with E-state index in [1.807, 2.05) is 18.2 Å². The zero-order valence-corrected chi connectivity index (χ0v) is 13.5. The molecule has 0 spiro atoms. The van der Waals surface area contributed by atoms with Gasteiger partial charge in [0.05, 0.1) is 0 Å². The highest BCUT2D eigenvalue weighted by molar-refractivity contribution is 5.98. The molecule has 6 nitrogen and oxygen atoms in total. The standard InChI is InChI=1S/C18H19N3O3/c1-12(22)15-9-6-10-16(11-15)20-18(23)13(2)24-21-17(19)14-7-4-3-5-8-14/h3-11,13H,1-2H3,(H2,19,21)(H,20,23). The number of carbonyl (C=O) groups is 2. The number of rotatable bonds is 6. The van der Waals surface area contributed by atoms with Gasteiger partial charge in [0, 0.05) is 16.8 Å². The van der Waals surface area contributed by atoms with Crippen LogP contribution in [0, 0.1) is 0 Å². The van der Waals surface area contributed by atoms with Gasteiger partial charge in [-0.1, -0.05) is 47.6 Å². The van der Waals surface area contributed by atoms with Gasteiger partial charge in [0.15, 0.2) is 11.6 Å². The quantitative estimate of drug-likeness (QED) is 0.369. The summed E-state index contributed by atoms with van der Waals surface area (Å²) in [5, 5.41) is 6.46. The van der Waals surface area contributed by atoms with E-state index in [-0.39, 0.29) is 17.5 Å². The molecule has 0 fully saturated rings. The number of nitrogens with two attached hydrogens (primary N) is 1. The van der Waals surface area contributed by atoms with E-state index >= 15 is 0 Å². The van der Waals surface area contributed by atoms with Crippen molar-refractivity contribution in [3.63, 3.8) is 0 Å². The Morgan fingerprint density at radius 3 is 2.42 bits per heavy atom. The van der Waals surface area contributed by atoms with Gasteiger partial charge in [-0.25, -0.2) is 0 Å². The molecule has 0 radical (unpaired) electrons. The number of carbonyl (C=O) groups excluding carboxylic acids is 2. The first kappa shape index (κ1) is 17.2. The topological polar surface area (TPSA) is 93.8 Å². The zero-order valence-electron chi connectivity index (χ0n) is 13.5. The normalized spacial score (nSPS) is 12.3. The Balaban J connectivity index is 1.97. The molecule has 0 heterocycles. The number of nitrogens with one attached hydrogen (secondary N) is 1. The third-order valence-electron chi connectivity index (χ3n) is 3.28. The highest BCUT2D eigenvalue weighted by Gasteiger charge is 2.15. The van der Waals surface area contributed by atoms with E-state index in [2.05, 4.69) is 10.5 Å². The van der Waals surface area contributed by atoms with E-state index in [4.69, 9.17) is 10.6 Å². The van der Waals surface area contributed by atoms with Gasteiger partial charge in [-0.3, -0.25) is 9.59 Å². The molecule has 1 unspecified atom stereocenters. The van der Waals surface area contributed by atoms with Gasteiger partial charge >= 0.3 is 0 Å². The number of nitrogens with zero attached hydrogens (tertiary/aromatic N) is 1. The number of oxime groups is 1. The van der Waals surface area contributed by atoms with Crippen LogP contribution in [0.4, 0.5) is 5.69 Å². The summed E-state index contributed by atoms with van der Waals surface area (Å²) >= 11 is 0. The van der Waals surface area contributed by atoms with E-state index in [1.54, 1.807) is 43.3 Å². The number of hydrogen-bond donors (Lipinski definition) is 2. The van der Waals surface area contributed by atoms with Crippen molar-refractivity contribution in [2.24, 2.45) is 10.9 Å². The summed E-state index contributed by atoms with van der Waals surface area (Å²) in [6.07, 6.45) is -0.840. The Morgan fingerprint density at radius 1 is 1.08 bits per heavy atom. The van der Waals surface area contributed by atoms with Crippen molar-refractivity contribution in [3.8, 4) is 0 Å². The lowest BCUT2D eigenvalue weighted by Gasteiger charge is -2.11. The number of anilines is 1. The minimum atomic E-state index is -0.840. The van der Waals surface area contributed by atoms with Crippen LogP contribution in [0.5, 0.6) is 0 Å². The monoisotopic (exact) mass is 325 g/mol. The number of amidine groups is 1. The summed E-state index contributed by atoms with van der Waals surface area (Å²) in [5.74, 6) is -0.273. The maximum absolute atomic E-state index is 12.1.